The maximum absolute atomic E-state index is 12.1. The van der Waals surface area contributed by atoms with Crippen molar-refractivity contribution in [1.29, 1.82) is 0 Å². The SMILES string of the molecule is Cc1ccc(C)c(C(=O)COCC2CCCC2)c1. The van der Waals surface area contributed by atoms with Gasteiger partial charge >= 0.3 is 0 Å². The standard InChI is InChI=1S/C16H22O2/c1-12-7-8-13(2)15(9-12)16(17)11-18-10-14-5-3-4-6-14/h7-9,14H,3-6,10-11H2,1-2H3. The van der Waals surface area contributed by atoms with Crippen molar-refractivity contribution in [2.75, 3.05) is 13.2 Å². The molecule has 1 aliphatic rings. The molecule has 1 saturated carbocycles. The highest BCUT2D eigenvalue weighted by Gasteiger charge is 2.16. The predicted octanol–water partition coefficient (Wildman–Crippen LogP) is 3.69. The van der Waals surface area contributed by atoms with Crippen LogP contribution in [0.4, 0.5) is 0 Å². The molecule has 0 heterocycles. The van der Waals surface area contributed by atoms with E-state index in [0.717, 1.165) is 23.3 Å². The van der Waals surface area contributed by atoms with E-state index in [4.69, 9.17) is 4.74 Å². The Hall–Kier alpha value is -1.15. The van der Waals surface area contributed by atoms with Gasteiger partial charge in [-0.15, -0.1) is 0 Å². The third kappa shape index (κ3) is 3.42. The van der Waals surface area contributed by atoms with Gasteiger partial charge in [-0.05, 0) is 44.2 Å². The van der Waals surface area contributed by atoms with Crippen LogP contribution in [0.3, 0.4) is 0 Å². The molecule has 0 bridgehead atoms. The molecule has 0 atom stereocenters. The van der Waals surface area contributed by atoms with Gasteiger partial charge in [0.2, 0.25) is 0 Å². The summed E-state index contributed by atoms with van der Waals surface area (Å²) in [6.45, 7) is 4.96. The van der Waals surface area contributed by atoms with Gasteiger partial charge < -0.3 is 4.74 Å². The van der Waals surface area contributed by atoms with Crippen LogP contribution in [0.5, 0.6) is 0 Å². The molecule has 0 amide bonds. The maximum Gasteiger partial charge on any atom is 0.188 e. The minimum Gasteiger partial charge on any atom is -0.373 e. The molecule has 0 saturated heterocycles. The molecule has 2 heteroatoms. The zero-order chi connectivity index (χ0) is 13.0. The highest BCUT2D eigenvalue weighted by molar-refractivity contribution is 5.98. The quantitative estimate of drug-likeness (QED) is 0.741. The van der Waals surface area contributed by atoms with Crippen LogP contribution in [0, 0.1) is 19.8 Å². The Morgan fingerprint density at radius 3 is 2.72 bits per heavy atom. The molecule has 0 spiro atoms. The van der Waals surface area contributed by atoms with Crippen LogP contribution in [0.1, 0.15) is 47.2 Å². The van der Waals surface area contributed by atoms with Gasteiger partial charge in [0.25, 0.3) is 0 Å². The van der Waals surface area contributed by atoms with Crippen LogP contribution >= 0.6 is 0 Å². The number of benzene rings is 1. The van der Waals surface area contributed by atoms with Gasteiger partial charge in [-0.1, -0.05) is 30.5 Å². The van der Waals surface area contributed by atoms with Crippen LogP contribution in [0.25, 0.3) is 0 Å². The van der Waals surface area contributed by atoms with Gasteiger partial charge in [0.05, 0.1) is 6.61 Å². The first-order valence-electron chi connectivity index (χ1n) is 6.85. The van der Waals surface area contributed by atoms with E-state index >= 15 is 0 Å². The van der Waals surface area contributed by atoms with Crippen molar-refractivity contribution in [3.63, 3.8) is 0 Å². The van der Waals surface area contributed by atoms with Gasteiger partial charge in [0.15, 0.2) is 5.78 Å². The van der Waals surface area contributed by atoms with Crippen molar-refractivity contribution in [3.05, 3.63) is 34.9 Å². The summed E-state index contributed by atoms with van der Waals surface area (Å²) in [5.41, 5.74) is 2.97. The fraction of sp³-hybridized carbons (Fsp3) is 0.562. The van der Waals surface area contributed by atoms with E-state index < -0.39 is 0 Å². The Kier molecular flexibility index (Phi) is 4.54. The van der Waals surface area contributed by atoms with E-state index in [0.29, 0.717) is 5.92 Å². The Labute approximate surface area is 109 Å². The normalized spacial score (nSPS) is 16.1. The fourth-order valence-corrected chi connectivity index (χ4v) is 2.61. The van der Waals surface area contributed by atoms with E-state index in [2.05, 4.69) is 0 Å². The third-order valence-electron chi connectivity index (χ3n) is 3.75. The van der Waals surface area contributed by atoms with Gasteiger partial charge in [-0.3, -0.25) is 4.79 Å². The summed E-state index contributed by atoms with van der Waals surface area (Å²) < 4.78 is 5.58. The summed E-state index contributed by atoms with van der Waals surface area (Å²) in [5, 5.41) is 0. The van der Waals surface area contributed by atoms with Gasteiger partial charge in [-0.2, -0.15) is 0 Å². The lowest BCUT2D eigenvalue weighted by molar-refractivity contribution is 0.0680. The molecule has 0 unspecified atom stereocenters. The van der Waals surface area contributed by atoms with E-state index in [1.165, 1.54) is 25.7 Å². The van der Waals surface area contributed by atoms with E-state index in [1.54, 1.807) is 0 Å². The number of ether oxygens (including phenoxy) is 1. The summed E-state index contributed by atoms with van der Waals surface area (Å²) in [5.74, 6) is 0.783. The van der Waals surface area contributed by atoms with Crippen LogP contribution in [0.15, 0.2) is 18.2 Å². The number of ketones is 1. The smallest absolute Gasteiger partial charge is 0.188 e. The molecular formula is C16H22O2. The summed E-state index contributed by atoms with van der Waals surface area (Å²) in [6.07, 6.45) is 5.16. The topological polar surface area (TPSA) is 26.3 Å². The molecule has 1 fully saturated rings. The minimum absolute atomic E-state index is 0.106. The number of carbonyl (C=O) groups is 1. The lowest BCUT2D eigenvalue weighted by Gasteiger charge is -2.10. The fourth-order valence-electron chi connectivity index (χ4n) is 2.61. The average molecular weight is 246 g/mol. The number of hydrogen-bond acceptors (Lipinski definition) is 2. The van der Waals surface area contributed by atoms with Gasteiger partial charge in [-0.25, -0.2) is 0 Å². The number of aryl methyl sites for hydroxylation is 2. The second-order valence-electron chi connectivity index (χ2n) is 5.41. The zero-order valence-corrected chi connectivity index (χ0v) is 11.4. The number of hydrogen-bond donors (Lipinski definition) is 0. The summed E-state index contributed by atoms with van der Waals surface area (Å²) in [7, 11) is 0. The second-order valence-corrected chi connectivity index (χ2v) is 5.41. The first kappa shape index (κ1) is 13.3. The van der Waals surface area contributed by atoms with E-state index in [9.17, 15) is 4.79 Å². The minimum atomic E-state index is 0.106. The molecule has 2 rings (SSSR count). The van der Waals surface area contributed by atoms with Crippen LogP contribution < -0.4 is 0 Å². The number of Topliss-reactive ketones (excluding diaryl/α,β-unsaturated/α-hetero) is 1. The molecule has 1 aromatic carbocycles. The van der Waals surface area contributed by atoms with Crippen LogP contribution in [-0.4, -0.2) is 19.0 Å². The Bertz CT molecular complexity index is 417. The predicted molar refractivity (Wildman–Crippen MR) is 73.0 cm³/mol. The molecule has 98 valence electrons. The summed E-state index contributed by atoms with van der Waals surface area (Å²) in [4.78, 5) is 12.1. The maximum atomic E-state index is 12.1. The molecule has 0 aromatic heterocycles. The van der Waals surface area contributed by atoms with Crippen molar-refractivity contribution in [2.24, 2.45) is 5.92 Å². The van der Waals surface area contributed by atoms with Crippen molar-refractivity contribution in [3.8, 4) is 0 Å². The molecule has 18 heavy (non-hydrogen) atoms. The Morgan fingerprint density at radius 2 is 2.00 bits per heavy atom. The molecule has 1 aromatic rings. The Balaban J connectivity index is 1.85. The molecule has 1 aliphatic carbocycles. The van der Waals surface area contributed by atoms with Crippen LogP contribution in [0.2, 0.25) is 0 Å². The van der Waals surface area contributed by atoms with Crippen molar-refractivity contribution >= 4 is 5.78 Å². The second kappa shape index (κ2) is 6.14. The zero-order valence-electron chi connectivity index (χ0n) is 11.4. The van der Waals surface area contributed by atoms with Crippen molar-refractivity contribution in [2.45, 2.75) is 39.5 Å². The highest BCUT2D eigenvalue weighted by atomic mass is 16.5. The van der Waals surface area contributed by atoms with Crippen molar-refractivity contribution in [1.82, 2.24) is 0 Å². The monoisotopic (exact) mass is 246 g/mol. The number of carbonyl (C=O) groups excluding carboxylic acids is 1. The number of rotatable bonds is 5. The Morgan fingerprint density at radius 1 is 1.28 bits per heavy atom. The first-order chi connectivity index (χ1) is 8.66. The lowest BCUT2D eigenvalue weighted by Crippen LogP contribution is -2.14. The molecule has 0 radical (unpaired) electrons. The average Bonchev–Trinajstić information content (AvgIpc) is 2.85. The highest BCUT2D eigenvalue weighted by Crippen LogP contribution is 2.24. The van der Waals surface area contributed by atoms with Crippen molar-refractivity contribution < 1.29 is 9.53 Å². The van der Waals surface area contributed by atoms with E-state index in [1.807, 2.05) is 32.0 Å². The lowest BCUT2D eigenvalue weighted by atomic mass is 10.0. The molecule has 2 nitrogen and oxygen atoms in total. The molecular weight excluding hydrogens is 224 g/mol. The molecule has 0 aliphatic heterocycles. The van der Waals surface area contributed by atoms with Crippen LogP contribution in [-0.2, 0) is 4.74 Å². The summed E-state index contributed by atoms with van der Waals surface area (Å²) in [6, 6.07) is 5.99. The summed E-state index contributed by atoms with van der Waals surface area (Å²) >= 11 is 0. The van der Waals surface area contributed by atoms with Gasteiger partial charge in [0.1, 0.15) is 6.61 Å². The third-order valence-corrected chi connectivity index (χ3v) is 3.75. The molecule has 0 N–H and O–H groups in total. The van der Waals surface area contributed by atoms with Gasteiger partial charge in [0, 0.05) is 5.56 Å². The van der Waals surface area contributed by atoms with E-state index in [-0.39, 0.29) is 12.4 Å². The largest absolute Gasteiger partial charge is 0.373 e. The first-order valence-corrected chi connectivity index (χ1v) is 6.85.